The number of alkyl halides is 2. The first-order valence-electron chi connectivity index (χ1n) is 11.1. The fraction of sp³-hybridized carbons (Fsp3) is 0.520. The predicted molar refractivity (Wildman–Crippen MR) is 120 cm³/mol. The molecule has 0 heterocycles. The van der Waals surface area contributed by atoms with E-state index in [1.165, 1.54) is 12.1 Å². The monoisotopic (exact) mass is 435 g/mol. The van der Waals surface area contributed by atoms with Gasteiger partial charge >= 0.3 is 0 Å². The summed E-state index contributed by atoms with van der Waals surface area (Å²) in [5.74, 6) is -2.43. The van der Waals surface area contributed by atoms with Crippen LogP contribution < -0.4 is 5.32 Å². The number of phenols is 1. The Morgan fingerprint density at radius 3 is 2.48 bits per heavy atom. The molecule has 31 heavy (non-hydrogen) atoms. The van der Waals surface area contributed by atoms with Gasteiger partial charge in [0, 0.05) is 30.7 Å². The van der Waals surface area contributed by atoms with Crippen LogP contribution in [0, 0.1) is 0 Å². The number of aliphatic hydroxyl groups is 1. The van der Waals surface area contributed by atoms with E-state index in [2.05, 4.69) is 12.2 Å². The molecule has 1 unspecified atom stereocenters. The Morgan fingerprint density at radius 2 is 1.74 bits per heavy atom. The van der Waals surface area contributed by atoms with E-state index in [-0.39, 0.29) is 36.9 Å². The average molecular weight is 436 g/mol. The van der Waals surface area contributed by atoms with Crippen molar-refractivity contribution >= 4 is 0 Å². The molecule has 0 amide bonds. The molecule has 0 aliphatic carbocycles. The Hall–Kier alpha value is -2.02. The standard InChI is InChI=1S/C25H35F2NO3/c1-20(21-11-12-24(30)22(17-21)19-29)18-28-14-7-2-3-8-15-31-16-13-25(26,27)23-9-5-4-6-10-23/h4-6,9-12,17,20,28-30H,2-3,7-8,13-16,18-19H2,1H3. The molecule has 1 atom stereocenters. The number of aliphatic hydroxyl groups excluding tert-OH is 1. The van der Waals surface area contributed by atoms with Crippen LogP contribution in [-0.2, 0) is 17.3 Å². The van der Waals surface area contributed by atoms with E-state index in [1.807, 2.05) is 12.1 Å². The molecular formula is C25H35F2NO3. The molecule has 0 saturated carbocycles. The quantitative estimate of drug-likeness (QED) is 0.331. The highest BCUT2D eigenvalue weighted by atomic mass is 19.3. The molecule has 2 aromatic rings. The van der Waals surface area contributed by atoms with Gasteiger partial charge in [0.1, 0.15) is 5.75 Å². The Labute approximate surface area is 184 Å². The van der Waals surface area contributed by atoms with Gasteiger partial charge in [-0.3, -0.25) is 0 Å². The van der Waals surface area contributed by atoms with Crippen LogP contribution in [0.3, 0.4) is 0 Å². The molecule has 0 radical (unpaired) electrons. The molecule has 0 saturated heterocycles. The Kier molecular flexibility index (Phi) is 10.9. The molecular weight excluding hydrogens is 400 g/mol. The largest absolute Gasteiger partial charge is 0.508 e. The zero-order chi connectivity index (χ0) is 22.5. The van der Waals surface area contributed by atoms with Crippen LogP contribution in [0.15, 0.2) is 48.5 Å². The van der Waals surface area contributed by atoms with Crippen LogP contribution in [0.1, 0.15) is 61.6 Å². The van der Waals surface area contributed by atoms with Crippen molar-refractivity contribution in [1.29, 1.82) is 0 Å². The van der Waals surface area contributed by atoms with Gasteiger partial charge in [0.25, 0.3) is 5.92 Å². The Balaban J connectivity index is 1.47. The number of aromatic hydroxyl groups is 1. The smallest absolute Gasteiger partial charge is 0.275 e. The van der Waals surface area contributed by atoms with Crippen LogP contribution in [0.2, 0.25) is 0 Å². The number of rotatable bonds is 15. The lowest BCUT2D eigenvalue weighted by Crippen LogP contribution is -2.21. The van der Waals surface area contributed by atoms with E-state index in [9.17, 15) is 19.0 Å². The van der Waals surface area contributed by atoms with Gasteiger partial charge in [-0.1, -0.05) is 56.2 Å². The summed E-state index contributed by atoms with van der Waals surface area (Å²) in [6.45, 7) is 4.27. The molecule has 0 aliphatic rings. The number of hydrogen-bond donors (Lipinski definition) is 3. The van der Waals surface area contributed by atoms with E-state index in [4.69, 9.17) is 4.74 Å². The van der Waals surface area contributed by atoms with Gasteiger partial charge in [-0.2, -0.15) is 0 Å². The van der Waals surface area contributed by atoms with Gasteiger partial charge in [0.2, 0.25) is 0 Å². The number of unbranched alkanes of at least 4 members (excludes halogenated alkanes) is 3. The van der Waals surface area contributed by atoms with Gasteiger partial charge < -0.3 is 20.3 Å². The van der Waals surface area contributed by atoms with E-state index in [1.54, 1.807) is 24.3 Å². The SMILES string of the molecule is CC(CNCCCCCCOCCC(F)(F)c1ccccc1)c1ccc(O)c(CO)c1. The lowest BCUT2D eigenvalue weighted by Gasteiger charge is -2.16. The molecule has 0 bridgehead atoms. The minimum atomic E-state index is -2.84. The topological polar surface area (TPSA) is 61.7 Å². The lowest BCUT2D eigenvalue weighted by atomic mass is 9.98. The molecule has 172 valence electrons. The minimum Gasteiger partial charge on any atom is -0.508 e. The lowest BCUT2D eigenvalue weighted by molar-refractivity contribution is -0.0388. The van der Waals surface area contributed by atoms with Crippen LogP contribution in [0.5, 0.6) is 5.75 Å². The third-order valence-corrected chi connectivity index (χ3v) is 5.44. The van der Waals surface area contributed by atoms with E-state index in [0.717, 1.165) is 44.3 Å². The van der Waals surface area contributed by atoms with Crippen molar-refractivity contribution < 1.29 is 23.7 Å². The van der Waals surface area contributed by atoms with Gasteiger partial charge in [0.15, 0.2) is 0 Å². The second-order valence-corrected chi connectivity index (χ2v) is 8.00. The zero-order valence-corrected chi connectivity index (χ0v) is 18.3. The highest BCUT2D eigenvalue weighted by molar-refractivity contribution is 5.37. The van der Waals surface area contributed by atoms with Crippen LogP contribution in [0.25, 0.3) is 0 Å². The first-order valence-corrected chi connectivity index (χ1v) is 11.1. The molecule has 0 aliphatic heterocycles. The highest BCUT2D eigenvalue weighted by Crippen LogP contribution is 2.31. The van der Waals surface area contributed by atoms with Crippen molar-refractivity contribution in [1.82, 2.24) is 5.32 Å². The van der Waals surface area contributed by atoms with Crippen molar-refractivity contribution in [2.45, 2.75) is 57.5 Å². The van der Waals surface area contributed by atoms with Crippen molar-refractivity contribution in [3.8, 4) is 5.75 Å². The highest BCUT2D eigenvalue weighted by Gasteiger charge is 2.30. The average Bonchev–Trinajstić information content (AvgIpc) is 2.78. The maximum Gasteiger partial charge on any atom is 0.275 e. The van der Waals surface area contributed by atoms with Gasteiger partial charge in [-0.15, -0.1) is 0 Å². The molecule has 0 fully saturated rings. The van der Waals surface area contributed by atoms with Crippen LogP contribution in [-0.4, -0.2) is 36.5 Å². The third-order valence-electron chi connectivity index (χ3n) is 5.44. The Morgan fingerprint density at radius 1 is 1.00 bits per heavy atom. The predicted octanol–water partition coefficient (Wildman–Crippen LogP) is 5.34. The number of ether oxygens (including phenoxy) is 1. The fourth-order valence-electron chi connectivity index (χ4n) is 3.41. The summed E-state index contributed by atoms with van der Waals surface area (Å²) < 4.78 is 33.4. The summed E-state index contributed by atoms with van der Waals surface area (Å²) >= 11 is 0. The second kappa shape index (κ2) is 13.4. The van der Waals surface area contributed by atoms with E-state index in [0.29, 0.717) is 12.2 Å². The maximum atomic E-state index is 14.0. The van der Waals surface area contributed by atoms with E-state index < -0.39 is 5.92 Å². The summed E-state index contributed by atoms with van der Waals surface area (Å²) in [6, 6.07) is 13.2. The zero-order valence-electron chi connectivity index (χ0n) is 18.3. The van der Waals surface area contributed by atoms with Crippen molar-refractivity contribution in [3.05, 3.63) is 65.2 Å². The van der Waals surface area contributed by atoms with Crippen molar-refractivity contribution in [2.75, 3.05) is 26.3 Å². The van der Waals surface area contributed by atoms with Gasteiger partial charge in [-0.05, 0) is 43.0 Å². The normalized spacial score (nSPS) is 12.8. The summed E-state index contributed by atoms with van der Waals surface area (Å²) in [6.07, 6.45) is 3.73. The number of benzene rings is 2. The van der Waals surface area contributed by atoms with Crippen molar-refractivity contribution in [3.63, 3.8) is 0 Å². The molecule has 2 aromatic carbocycles. The summed E-state index contributed by atoms with van der Waals surface area (Å²) in [5.41, 5.74) is 1.68. The molecule has 3 N–H and O–H groups in total. The van der Waals surface area contributed by atoms with Crippen molar-refractivity contribution in [2.24, 2.45) is 0 Å². The number of nitrogens with one attached hydrogen (secondary N) is 1. The summed E-state index contributed by atoms with van der Waals surface area (Å²) in [7, 11) is 0. The minimum absolute atomic E-state index is 0.0414. The van der Waals surface area contributed by atoms with Gasteiger partial charge in [0.05, 0.1) is 13.2 Å². The molecule has 6 heteroatoms. The second-order valence-electron chi connectivity index (χ2n) is 8.00. The summed E-state index contributed by atoms with van der Waals surface area (Å²) in [5, 5.41) is 22.3. The summed E-state index contributed by atoms with van der Waals surface area (Å²) in [4.78, 5) is 0. The van der Waals surface area contributed by atoms with E-state index >= 15 is 0 Å². The molecule has 2 rings (SSSR count). The molecule has 0 aromatic heterocycles. The van der Waals surface area contributed by atoms with Gasteiger partial charge in [-0.25, -0.2) is 8.78 Å². The van der Waals surface area contributed by atoms with Crippen LogP contribution >= 0.6 is 0 Å². The van der Waals surface area contributed by atoms with Crippen LogP contribution in [0.4, 0.5) is 8.78 Å². The number of hydrogen-bond acceptors (Lipinski definition) is 4. The molecule has 0 spiro atoms. The maximum absolute atomic E-state index is 14.0. The first kappa shape index (κ1) is 25.2. The third kappa shape index (κ3) is 8.93. The molecule has 4 nitrogen and oxygen atoms in total. The fourth-order valence-corrected chi connectivity index (χ4v) is 3.41. The Bertz CT molecular complexity index is 756. The number of halogens is 2. The first-order chi connectivity index (χ1) is 14.9.